The van der Waals surface area contributed by atoms with Crippen LogP contribution in [0.3, 0.4) is 0 Å². The van der Waals surface area contributed by atoms with Crippen molar-refractivity contribution in [3.63, 3.8) is 0 Å². The maximum Gasteiger partial charge on any atom is 0.0209 e. The van der Waals surface area contributed by atoms with Gasteiger partial charge in [-0.05, 0) is 24.7 Å². The van der Waals surface area contributed by atoms with Gasteiger partial charge in [0.1, 0.15) is 0 Å². The summed E-state index contributed by atoms with van der Waals surface area (Å²) >= 11 is -2.05. The third-order valence-electron chi connectivity index (χ3n) is 4.59. The monoisotopic (exact) mass is 360 g/mol. The number of rotatable bonds is 17. The van der Waals surface area contributed by atoms with E-state index in [0.717, 1.165) is 37.5 Å². The molecule has 0 aliphatic rings. The molecule has 3 nitrogen and oxygen atoms in total. The fraction of sp³-hybridized carbons (Fsp3) is 1.00. The Morgan fingerprint density at radius 3 is 1.33 bits per heavy atom. The molecule has 0 aliphatic heterocycles. The Labute approximate surface area is 154 Å². The maximum atomic E-state index is 11.3. The molecule has 0 saturated carbocycles. The summed E-state index contributed by atoms with van der Waals surface area (Å²) in [6, 6.07) is 0. The molecule has 0 bridgehead atoms. The van der Waals surface area contributed by atoms with Crippen LogP contribution in [0.25, 0.3) is 0 Å². The van der Waals surface area contributed by atoms with Gasteiger partial charge in [-0.15, -0.1) is 0 Å². The highest BCUT2D eigenvalue weighted by Gasteiger charge is 2.05. The van der Waals surface area contributed by atoms with Crippen LogP contribution in [-0.2, 0) is 11.3 Å². The van der Waals surface area contributed by atoms with Crippen LogP contribution in [0.15, 0.2) is 0 Å². The Bertz CT molecular complexity index is 273. The number of hydrogen-bond acceptors (Lipinski definition) is 2. The molecule has 1 atom stereocenters. The van der Waals surface area contributed by atoms with Crippen molar-refractivity contribution in [3.05, 3.63) is 0 Å². The van der Waals surface area contributed by atoms with Crippen molar-refractivity contribution in [1.29, 1.82) is 0 Å². The van der Waals surface area contributed by atoms with Gasteiger partial charge >= 0.3 is 0 Å². The highest BCUT2D eigenvalue weighted by Crippen LogP contribution is 2.13. The first-order valence-electron chi connectivity index (χ1n) is 10.3. The average molecular weight is 361 g/mol. The van der Waals surface area contributed by atoms with Gasteiger partial charge in [-0.2, -0.15) is 0 Å². The lowest BCUT2D eigenvalue weighted by atomic mass is 10.0. The van der Waals surface area contributed by atoms with E-state index in [0.29, 0.717) is 13.1 Å². The van der Waals surface area contributed by atoms with Gasteiger partial charge in [0.2, 0.25) is 0 Å². The summed E-state index contributed by atoms with van der Waals surface area (Å²) in [6.45, 7) is 10.5. The van der Waals surface area contributed by atoms with E-state index in [9.17, 15) is 8.76 Å². The molecule has 0 aromatic rings. The lowest BCUT2D eigenvalue weighted by Gasteiger charge is -2.24. The quantitative estimate of drug-likeness (QED) is 0.233. The fourth-order valence-corrected chi connectivity index (χ4v) is 3.56. The zero-order valence-electron chi connectivity index (χ0n) is 16.7. The summed E-state index contributed by atoms with van der Waals surface area (Å²) in [5.74, 6) is 1.60. The van der Waals surface area contributed by atoms with Crippen LogP contribution in [0.2, 0.25) is 0 Å². The Morgan fingerprint density at radius 2 is 1.00 bits per heavy atom. The molecular formula is C20H42NO2S-. The predicted molar refractivity (Wildman–Crippen MR) is 106 cm³/mol. The predicted octanol–water partition coefficient (Wildman–Crippen LogP) is 6.08. The Kier molecular flexibility index (Phi) is 16.6. The largest absolute Gasteiger partial charge is 0.760 e. The number of hydrogen-bond donors (Lipinski definition) is 0. The number of nitrogens with zero attached hydrogens (tertiary/aromatic N) is 1. The summed E-state index contributed by atoms with van der Waals surface area (Å²) in [5, 5.41) is 0. The topological polar surface area (TPSA) is 43.4 Å². The Morgan fingerprint density at radius 1 is 0.667 bits per heavy atom. The normalized spacial score (nSPS) is 13.3. The van der Waals surface area contributed by atoms with E-state index >= 15 is 0 Å². The minimum Gasteiger partial charge on any atom is -0.760 e. The molecule has 0 radical (unpaired) electrons. The van der Waals surface area contributed by atoms with Crippen LogP contribution in [0.5, 0.6) is 0 Å². The SMILES string of the molecule is CC(C)CCCCCCCN(CCCCCCCC(C)C)S(=O)[O-]. The third-order valence-corrected chi connectivity index (χ3v) is 5.38. The second kappa shape index (κ2) is 16.5. The molecule has 0 aliphatic carbocycles. The van der Waals surface area contributed by atoms with Gasteiger partial charge in [0.25, 0.3) is 0 Å². The summed E-state index contributed by atoms with van der Waals surface area (Å²) < 4.78 is 24.2. The van der Waals surface area contributed by atoms with E-state index in [1.165, 1.54) is 51.4 Å². The zero-order chi connectivity index (χ0) is 18.2. The summed E-state index contributed by atoms with van der Waals surface area (Å²) in [7, 11) is 0. The van der Waals surface area contributed by atoms with Gasteiger partial charge in [-0.3, -0.25) is 4.21 Å². The molecule has 0 spiro atoms. The molecule has 0 rings (SSSR count). The average Bonchev–Trinajstić information content (AvgIpc) is 2.50. The second-order valence-corrected chi connectivity index (χ2v) is 9.00. The fourth-order valence-electron chi connectivity index (χ4n) is 3.00. The van der Waals surface area contributed by atoms with Gasteiger partial charge in [0.15, 0.2) is 0 Å². The van der Waals surface area contributed by atoms with E-state index in [1.807, 2.05) is 0 Å². The molecule has 0 aromatic heterocycles. The standard InChI is InChI=1S/C20H43NO2S/c1-19(2)15-11-7-5-9-13-17-21(24(22)23)18-14-10-6-8-12-16-20(3)4/h19-20H,5-18H2,1-4H3,(H,22,23)/p-1. The molecule has 4 heteroatoms. The van der Waals surface area contributed by atoms with Crippen LogP contribution in [0, 0.1) is 11.8 Å². The molecule has 0 aromatic carbocycles. The van der Waals surface area contributed by atoms with Crippen molar-refractivity contribution in [2.45, 2.75) is 105 Å². The molecule has 0 fully saturated rings. The molecule has 0 N–H and O–H groups in total. The number of unbranched alkanes of at least 4 members (excludes halogenated alkanes) is 8. The first-order valence-corrected chi connectivity index (χ1v) is 11.3. The van der Waals surface area contributed by atoms with Gasteiger partial charge in [0.05, 0.1) is 0 Å². The van der Waals surface area contributed by atoms with Gasteiger partial charge in [0, 0.05) is 24.4 Å². The van der Waals surface area contributed by atoms with E-state index in [2.05, 4.69) is 27.7 Å². The molecule has 1 unspecified atom stereocenters. The van der Waals surface area contributed by atoms with Crippen LogP contribution in [0.1, 0.15) is 105 Å². The van der Waals surface area contributed by atoms with Gasteiger partial charge in [-0.1, -0.05) is 91.9 Å². The van der Waals surface area contributed by atoms with Crippen LogP contribution in [0.4, 0.5) is 0 Å². The maximum absolute atomic E-state index is 11.3. The minimum absolute atomic E-state index is 0.702. The lowest BCUT2D eigenvalue weighted by Crippen LogP contribution is -2.28. The van der Waals surface area contributed by atoms with Crippen molar-refractivity contribution in [2.75, 3.05) is 13.1 Å². The molecular weight excluding hydrogens is 318 g/mol. The van der Waals surface area contributed by atoms with E-state index in [4.69, 9.17) is 0 Å². The van der Waals surface area contributed by atoms with Crippen LogP contribution in [-0.4, -0.2) is 26.2 Å². The molecule has 0 heterocycles. The molecule has 0 amide bonds. The highest BCUT2D eigenvalue weighted by atomic mass is 32.2. The summed E-state index contributed by atoms with van der Waals surface area (Å²) in [5.41, 5.74) is 0. The first-order chi connectivity index (χ1) is 11.4. The zero-order valence-corrected chi connectivity index (χ0v) is 17.5. The van der Waals surface area contributed by atoms with E-state index < -0.39 is 11.3 Å². The molecule has 0 saturated heterocycles. The molecule has 24 heavy (non-hydrogen) atoms. The van der Waals surface area contributed by atoms with Crippen molar-refractivity contribution < 1.29 is 8.76 Å². The Hall–Kier alpha value is 0.0700. The van der Waals surface area contributed by atoms with Gasteiger partial charge < -0.3 is 4.55 Å². The molecule has 146 valence electrons. The minimum atomic E-state index is -2.05. The highest BCUT2D eigenvalue weighted by molar-refractivity contribution is 7.76. The summed E-state index contributed by atoms with van der Waals surface area (Å²) in [4.78, 5) is 0. The van der Waals surface area contributed by atoms with Crippen molar-refractivity contribution >= 4 is 11.3 Å². The second-order valence-electron chi connectivity index (χ2n) is 8.05. The first kappa shape index (κ1) is 24.1. The van der Waals surface area contributed by atoms with E-state index in [-0.39, 0.29) is 0 Å². The van der Waals surface area contributed by atoms with Crippen molar-refractivity contribution in [1.82, 2.24) is 4.31 Å². The third kappa shape index (κ3) is 16.9. The van der Waals surface area contributed by atoms with Crippen molar-refractivity contribution in [3.8, 4) is 0 Å². The van der Waals surface area contributed by atoms with Crippen LogP contribution >= 0.6 is 0 Å². The smallest absolute Gasteiger partial charge is 0.0209 e. The van der Waals surface area contributed by atoms with E-state index in [1.54, 1.807) is 4.31 Å². The van der Waals surface area contributed by atoms with Crippen LogP contribution < -0.4 is 0 Å². The summed E-state index contributed by atoms with van der Waals surface area (Å²) in [6.07, 6.45) is 14.6. The Balaban J connectivity index is 3.56. The van der Waals surface area contributed by atoms with Crippen molar-refractivity contribution in [2.24, 2.45) is 11.8 Å². The van der Waals surface area contributed by atoms with Gasteiger partial charge in [-0.25, -0.2) is 4.31 Å². The lowest BCUT2D eigenvalue weighted by molar-refractivity contribution is 0.365.